The summed E-state index contributed by atoms with van der Waals surface area (Å²) in [6.07, 6.45) is 1.67. The molecule has 4 N–H and O–H groups in total. The van der Waals surface area contributed by atoms with Gasteiger partial charge in [-0.3, -0.25) is 9.59 Å². The Balaban J connectivity index is 0.00000200. The Morgan fingerprint density at radius 1 is 1.25 bits per heavy atom. The molecule has 1 aromatic heterocycles. The molecule has 2 aromatic rings. The lowest BCUT2D eigenvalue weighted by molar-refractivity contribution is 0.0951. The zero-order valence-corrected chi connectivity index (χ0v) is 11.8. The number of aromatic nitrogens is 1. The molecule has 0 saturated carbocycles. The van der Waals surface area contributed by atoms with Gasteiger partial charge in [0.25, 0.3) is 11.5 Å². The van der Waals surface area contributed by atoms with Crippen molar-refractivity contribution in [2.75, 3.05) is 13.1 Å². The van der Waals surface area contributed by atoms with Crippen LogP contribution >= 0.6 is 12.4 Å². The van der Waals surface area contributed by atoms with Crippen LogP contribution in [0.3, 0.4) is 0 Å². The van der Waals surface area contributed by atoms with Crippen molar-refractivity contribution in [3.63, 3.8) is 0 Å². The number of para-hydroxylation sites is 1. The van der Waals surface area contributed by atoms with Crippen molar-refractivity contribution in [2.45, 2.75) is 12.8 Å². The van der Waals surface area contributed by atoms with E-state index in [2.05, 4.69) is 10.3 Å². The van der Waals surface area contributed by atoms with E-state index in [0.29, 0.717) is 13.1 Å². The Morgan fingerprint density at radius 3 is 2.75 bits per heavy atom. The average molecular weight is 296 g/mol. The summed E-state index contributed by atoms with van der Waals surface area (Å²) in [6, 6.07) is 8.98. The van der Waals surface area contributed by atoms with E-state index in [1.54, 1.807) is 12.1 Å². The van der Waals surface area contributed by atoms with Crippen molar-refractivity contribution >= 4 is 29.2 Å². The van der Waals surface area contributed by atoms with Crippen LogP contribution in [0.2, 0.25) is 0 Å². The molecule has 20 heavy (non-hydrogen) atoms. The van der Waals surface area contributed by atoms with Crippen LogP contribution in [0.25, 0.3) is 10.9 Å². The lowest BCUT2D eigenvalue weighted by Crippen LogP contribution is -2.30. The van der Waals surface area contributed by atoms with Gasteiger partial charge in [-0.15, -0.1) is 12.4 Å². The van der Waals surface area contributed by atoms with Gasteiger partial charge in [0, 0.05) is 12.1 Å². The standard InChI is InChI=1S/C14H17N3O2.ClH/c15-7-3-4-8-16-13(18)11-9-10-5-1-2-6-12(10)17-14(11)19;/h1-2,5-6,9H,3-4,7-8,15H2,(H,16,18)(H,17,19);1H. The molecule has 1 aromatic carbocycles. The number of carbonyl (C=O) groups excluding carboxylic acids is 1. The first-order chi connectivity index (χ1) is 9.22. The van der Waals surface area contributed by atoms with E-state index >= 15 is 0 Å². The fourth-order valence-corrected chi connectivity index (χ4v) is 1.88. The van der Waals surface area contributed by atoms with Crippen LogP contribution in [0, 0.1) is 0 Å². The number of fused-ring (bicyclic) bond motifs is 1. The molecule has 1 heterocycles. The number of rotatable bonds is 5. The molecule has 0 atom stereocenters. The fraction of sp³-hybridized carbons (Fsp3) is 0.286. The van der Waals surface area contributed by atoms with Crippen LogP contribution in [-0.2, 0) is 0 Å². The third kappa shape index (κ3) is 3.82. The molecule has 108 valence electrons. The highest BCUT2D eigenvalue weighted by Gasteiger charge is 2.10. The highest BCUT2D eigenvalue weighted by Crippen LogP contribution is 2.09. The number of aromatic amines is 1. The van der Waals surface area contributed by atoms with Crippen molar-refractivity contribution in [3.8, 4) is 0 Å². The maximum absolute atomic E-state index is 11.9. The number of pyridine rings is 1. The maximum Gasteiger partial charge on any atom is 0.261 e. The molecule has 0 aliphatic heterocycles. The molecule has 1 amide bonds. The lowest BCUT2D eigenvalue weighted by Gasteiger charge is -2.05. The molecule has 6 heteroatoms. The molecule has 0 aliphatic carbocycles. The summed E-state index contributed by atoms with van der Waals surface area (Å²) in [7, 11) is 0. The minimum atomic E-state index is -0.366. The number of hydrogen-bond acceptors (Lipinski definition) is 3. The zero-order chi connectivity index (χ0) is 13.7. The highest BCUT2D eigenvalue weighted by atomic mass is 35.5. The Morgan fingerprint density at radius 2 is 2.00 bits per heavy atom. The number of carbonyl (C=O) groups is 1. The number of benzene rings is 1. The van der Waals surface area contributed by atoms with Gasteiger partial charge in [0.15, 0.2) is 0 Å². The number of nitrogens with one attached hydrogen (secondary N) is 2. The second-order valence-electron chi connectivity index (χ2n) is 4.35. The smallest absolute Gasteiger partial charge is 0.261 e. The summed E-state index contributed by atoms with van der Waals surface area (Å²) in [5.41, 5.74) is 5.88. The van der Waals surface area contributed by atoms with Gasteiger partial charge in [0.05, 0.1) is 0 Å². The van der Waals surface area contributed by atoms with Gasteiger partial charge >= 0.3 is 0 Å². The minimum absolute atomic E-state index is 0. The number of H-pyrrole nitrogens is 1. The van der Waals surface area contributed by atoms with Crippen LogP contribution in [0.4, 0.5) is 0 Å². The highest BCUT2D eigenvalue weighted by molar-refractivity contribution is 5.97. The molecule has 5 nitrogen and oxygen atoms in total. The monoisotopic (exact) mass is 295 g/mol. The fourth-order valence-electron chi connectivity index (χ4n) is 1.88. The molecule has 0 saturated heterocycles. The zero-order valence-electron chi connectivity index (χ0n) is 11.0. The van der Waals surface area contributed by atoms with E-state index in [0.717, 1.165) is 23.7 Å². The SMILES string of the molecule is Cl.NCCCCNC(=O)c1cc2ccccc2[nH]c1=O. The number of nitrogens with two attached hydrogens (primary N) is 1. The van der Waals surface area contributed by atoms with Crippen molar-refractivity contribution in [3.05, 3.63) is 46.2 Å². The van der Waals surface area contributed by atoms with Crippen molar-refractivity contribution in [1.29, 1.82) is 0 Å². The Hall–Kier alpha value is -1.85. The van der Waals surface area contributed by atoms with Gasteiger partial charge in [-0.05, 0) is 36.9 Å². The quantitative estimate of drug-likeness (QED) is 0.729. The van der Waals surface area contributed by atoms with Crippen LogP contribution in [-0.4, -0.2) is 24.0 Å². The van der Waals surface area contributed by atoms with E-state index in [-0.39, 0.29) is 29.4 Å². The average Bonchev–Trinajstić information content (AvgIpc) is 2.42. The van der Waals surface area contributed by atoms with Gasteiger partial charge in [-0.2, -0.15) is 0 Å². The molecular weight excluding hydrogens is 278 g/mol. The Bertz CT molecular complexity index is 640. The molecule has 0 fully saturated rings. The molecule has 0 bridgehead atoms. The second kappa shape index (κ2) is 7.67. The largest absolute Gasteiger partial charge is 0.352 e. The van der Waals surface area contributed by atoms with Crippen LogP contribution in [0.5, 0.6) is 0 Å². The first-order valence-corrected chi connectivity index (χ1v) is 6.32. The minimum Gasteiger partial charge on any atom is -0.352 e. The number of halogens is 1. The van der Waals surface area contributed by atoms with E-state index < -0.39 is 0 Å². The second-order valence-corrected chi connectivity index (χ2v) is 4.35. The summed E-state index contributed by atoms with van der Waals surface area (Å²) in [5.74, 6) is -0.343. The van der Waals surface area contributed by atoms with Crippen molar-refractivity contribution < 1.29 is 4.79 Å². The van der Waals surface area contributed by atoms with Gasteiger partial charge < -0.3 is 16.0 Å². The maximum atomic E-state index is 11.9. The number of hydrogen-bond donors (Lipinski definition) is 3. The van der Waals surface area contributed by atoms with E-state index in [1.165, 1.54) is 0 Å². The summed E-state index contributed by atoms with van der Waals surface area (Å²) in [4.78, 5) is 26.4. The molecule has 2 rings (SSSR count). The molecule has 0 radical (unpaired) electrons. The van der Waals surface area contributed by atoms with Crippen molar-refractivity contribution in [2.24, 2.45) is 5.73 Å². The summed E-state index contributed by atoms with van der Waals surface area (Å²) in [6.45, 7) is 1.13. The number of amides is 1. The summed E-state index contributed by atoms with van der Waals surface area (Å²) in [5, 5.41) is 3.57. The van der Waals surface area contributed by atoms with Gasteiger partial charge in [-0.1, -0.05) is 18.2 Å². The summed E-state index contributed by atoms with van der Waals surface area (Å²) >= 11 is 0. The molecule has 0 aliphatic rings. The van der Waals surface area contributed by atoms with E-state index in [9.17, 15) is 9.59 Å². The summed E-state index contributed by atoms with van der Waals surface area (Å²) < 4.78 is 0. The first-order valence-electron chi connectivity index (χ1n) is 6.32. The normalized spacial score (nSPS) is 10.1. The predicted octanol–water partition coefficient (Wildman–Crippen LogP) is 1.42. The topological polar surface area (TPSA) is 88.0 Å². The van der Waals surface area contributed by atoms with Crippen LogP contribution < -0.4 is 16.6 Å². The first kappa shape index (κ1) is 16.2. The van der Waals surface area contributed by atoms with E-state index in [1.807, 2.05) is 18.2 Å². The van der Waals surface area contributed by atoms with Gasteiger partial charge in [0.2, 0.25) is 0 Å². The lowest BCUT2D eigenvalue weighted by atomic mass is 10.1. The van der Waals surface area contributed by atoms with Gasteiger partial charge in [0.1, 0.15) is 5.56 Å². The van der Waals surface area contributed by atoms with E-state index in [4.69, 9.17) is 5.73 Å². The molecule has 0 spiro atoms. The Kier molecular flexibility index (Phi) is 6.21. The van der Waals surface area contributed by atoms with Crippen molar-refractivity contribution in [1.82, 2.24) is 10.3 Å². The third-order valence-electron chi connectivity index (χ3n) is 2.91. The molecular formula is C14H18ClN3O2. The number of unbranched alkanes of at least 4 members (excludes halogenated alkanes) is 1. The Labute approximate surface area is 123 Å². The van der Waals surface area contributed by atoms with Crippen LogP contribution in [0.15, 0.2) is 35.1 Å². The third-order valence-corrected chi connectivity index (χ3v) is 2.91. The molecule has 0 unspecified atom stereocenters. The van der Waals surface area contributed by atoms with Crippen LogP contribution in [0.1, 0.15) is 23.2 Å². The van der Waals surface area contributed by atoms with Gasteiger partial charge in [-0.25, -0.2) is 0 Å². The predicted molar refractivity (Wildman–Crippen MR) is 82.4 cm³/mol.